The summed E-state index contributed by atoms with van der Waals surface area (Å²) in [6.45, 7) is 1.95. The van der Waals surface area contributed by atoms with Gasteiger partial charge in [-0.3, -0.25) is 9.48 Å². The SMILES string of the molecule is Cc1cc(SC2CCC(N)(C(=O)O)C2)n(C)n1. The second-order valence-corrected chi connectivity index (χ2v) is 6.01. The smallest absolute Gasteiger partial charge is 0.323 e. The quantitative estimate of drug-likeness (QED) is 0.847. The van der Waals surface area contributed by atoms with Gasteiger partial charge in [-0.05, 0) is 32.3 Å². The molecule has 0 spiro atoms. The predicted molar refractivity (Wildman–Crippen MR) is 66.0 cm³/mol. The number of carboxylic acids is 1. The number of nitrogens with two attached hydrogens (primary N) is 1. The van der Waals surface area contributed by atoms with Crippen molar-refractivity contribution in [3.05, 3.63) is 11.8 Å². The van der Waals surface area contributed by atoms with Crippen LogP contribution in [0.4, 0.5) is 0 Å². The van der Waals surface area contributed by atoms with Crippen LogP contribution in [0.25, 0.3) is 0 Å². The summed E-state index contributed by atoms with van der Waals surface area (Å²) in [6, 6.07) is 2.02. The summed E-state index contributed by atoms with van der Waals surface area (Å²) in [5, 5.41) is 14.7. The van der Waals surface area contributed by atoms with Crippen molar-refractivity contribution in [1.82, 2.24) is 9.78 Å². The number of hydrogen-bond acceptors (Lipinski definition) is 4. The number of rotatable bonds is 3. The molecule has 0 bridgehead atoms. The molecular weight excluding hydrogens is 238 g/mol. The zero-order valence-electron chi connectivity index (χ0n) is 10.0. The lowest BCUT2D eigenvalue weighted by atomic mass is 10.0. The zero-order valence-corrected chi connectivity index (χ0v) is 10.8. The van der Waals surface area contributed by atoms with E-state index in [1.807, 2.05) is 24.7 Å². The van der Waals surface area contributed by atoms with Gasteiger partial charge in [-0.1, -0.05) is 0 Å². The van der Waals surface area contributed by atoms with Gasteiger partial charge in [0.25, 0.3) is 0 Å². The summed E-state index contributed by atoms with van der Waals surface area (Å²) in [4.78, 5) is 11.0. The first-order chi connectivity index (χ1) is 7.90. The Kier molecular flexibility index (Phi) is 3.18. The number of nitrogens with zero attached hydrogens (tertiary/aromatic N) is 2. The molecule has 2 rings (SSSR count). The summed E-state index contributed by atoms with van der Waals surface area (Å²) < 4.78 is 1.83. The number of aryl methyl sites for hydroxylation is 2. The molecule has 0 saturated heterocycles. The Bertz CT molecular complexity index is 446. The molecule has 2 unspecified atom stereocenters. The van der Waals surface area contributed by atoms with Crippen LogP contribution in [-0.2, 0) is 11.8 Å². The third-order valence-electron chi connectivity index (χ3n) is 3.18. The van der Waals surface area contributed by atoms with Crippen LogP contribution in [0.2, 0.25) is 0 Å². The molecule has 0 amide bonds. The molecule has 1 aromatic rings. The largest absolute Gasteiger partial charge is 0.480 e. The van der Waals surface area contributed by atoms with Gasteiger partial charge in [0.1, 0.15) is 5.54 Å². The molecular formula is C11H17N3O2S. The van der Waals surface area contributed by atoms with E-state index in [-0.39, 0.29) is 5.25 Å². The third kappa shape index (κ3) is 2.47. The van der Waals surface area contributed by atoms with Crippen molar-refractivity contribution in [1.29, 1.82) is 0 Å². The zero-order chi connectivity index (χ0) is 12.6. The topological polar surface area (TPSA) is 81.1 Å². The van der Waals surface area contributed by atoms with Crippen LogP contribution >= 0.6 is 11.8 Å². The van der Waals surface area contributed by atoms with Crippen molar-refractivity contribution in [3.8, 4) is 0 Å². The van der Waals surface area contributed by atoms with Gasteiger partial charge in [-0.15, -0.1) is 11.8 Å². The highest BCUT2D eigenvalue weighted by molar-refractivity contribution is 7.99. The average molecular weight is 255 g/mol. The van der Waals surface area contributed by atoms with Crippen LogP contribution in [0.3, 0.4) is 0 Å². The fourth-order valence-corrected chi connectivity index (χ4v) is 3.58. The molecule has 3 N–H and O–H groups in total. The second-order valence-electron chi connectivity index (χ2n) is 4.69. The van der Waals surface area contributed by atoms with E-state index in [1.54, 1.807) is 11.8 Å². The Hall–Kier alpha value is -1.01. The molecule has 1 saturated carbocycles. The molecule has 1 aliphatic rings. The van der Waals surface area contributed by atoms with Crippen LogP contribution < -0.4 is 5.73 Å². The first kappa shape index (κ1) is 12.4. The fourth-order valence-electron chi connectivity index (χ4n) is 2.19. The van der Waals surface area contributed by atoms with Crippen LogP contribution in [0, 0.1) is 6.92 Å². The number of thioether (sulfide) groups is 1. The van der Waals surface area contributed by atoms with Crippen molar-refractivity contribution in [2.24, 2.45) is 12.8 Å². The van der Waals surface area contributed by atoms with Crippen molar-refractivity contribution in [2.45, 2.75) is 42.0 Å². The summed E-state index contributed by atoms with van der Waals surface area (Å²) in [6.07, 6.45) is 1.92. The lowest BCUT2D eigenvalue weighted by Crippen LogP contribution is -2.45. The van der Waals surface area contributed by atoms with Gasteiger partial charge in [0.15, 0.2) is 0 Å². The molecule has 1 aliphatic carbocycles. The second kappa shape index (κ2) is 4.34. The predicted octanol–water partition coefficient (Wildman–Crippen LogP) is 1.16. The highest BCUT2D eigenvalue weighted by atomic mass is 32.2. The Morgan fingerprint density at radius 3 is 2.94 bits per heavy atom. The third-order valence-corrected chi connectivity index (χ3v) is 4.54. The summed E-state index contributed by atoms with van der Waals surface area (Å²) in [5.74, 6) is -0.887. The molecule has 6 heteroatoms. The standard InChI is InChI=1S/C11H17N3O2S/c1-7-5-9(14(2)13-7)17-8-3-4-11(12,6-8)10(15)16/h5,8H,3-4,6,12H2,1-2H3,(H,15,16). The lowest BCUT2D eigenvalue weighted by molar-refractivity contribution is -0.143. The van der Waals surface area contributed by atoms with E-state index in [0.717, 1.165) is 17.1 Å². The van der Waals surface area contributed by atoms with E-state index in [0.29, 0.717) is 12.8 Å². The average Bonchev–Trinajstić information content (AvgIpc) is 2.73. The van der Waals surface area contributed by atoms with E-state index in [2.05, 4.69) is 5.10 Å². The molecule has 1 aromatic heterocycles. The molecule has 0 radical (unpaired) electrons. The summed E-state index contributed by atoms with van der Waals surface area (Å²) in [5.41, 5.74) is 5.79. The number of aliphatic carboxylic acids is 1. The van der Waals surface area contributed by atoms with Crippen LogP contribution in [0.1, 0.15) is 25.0 Å². The minimum absolute atomic E-state index is 0.269. The number of aromatic nitrogens is 2. The van der Waals surface area contributed by atoms with E-state index < -0.39 is 11.5 Å². The van der Waals surface area contributed by atoms with Gasteiger partial charge in [0.2, 0.25) is 0 Å². The van der Waals surface area contributed by atoms with Gasteiger partial charge in [0, 0.05) is 12.3 Å². The maximum absolute atomic E-state index is 11.0. The molecule has 1 heterocycles. The van der Waals surface area contributed by atoms with Gasteiger partial charge in [-0.25, -0.2) is 0 Å². The summed E-state index contributed by atoms with van der Waals surface area (Å²) in [7, 11) is 1.90. The summed E-state index contributed by atoms with van der Waals surface area (Å²) >= 11 is 1.68. The lowest BCUT2D eigenvalue weighted by Gasteiger charge is -2.17. The van der Waals surface area contributed by atoms with Crippen molar-refractivity contribution >= 4 is 17.7 Å². The molecule has 94 valence electrons. The molecule has 5 nitrogen and oxygen atoms in total. The monoisotopic (exact) mass is 255 g/mol. The van der Waals surface area contributed by atoms with Gasteiger partial charge in [0.05, 0.1) is 10.7 Å². The van der Waals surface area contributed by atoms with Crippen molar-refractivity contribution in [2.75, 3.05) is 0 Å². The molecule has 0 aliphatic heterocycles. The van der Waals surface area contributed by atoms with Gasteiger partial charge < -0.3 is 10.8 Å². The molecule has 1 fully saturated rings. The highest BCUT2D eigenvalue weighted by Gasteiger charge is 2.42. The minimum atomic E-state index is -1.04. The number of hydrogen-bond donors (Lipinski definition) is 2. The van der Waals surface area contributed by atoms with Crippen molar-refractivity contribution < 1.29 is 9.90 Å². The fraction of sp³-hybridized carbons (Fsp3) is 0.636. The number of carbonyl (C=O) groups is 1. The molecule has 17 heavy (non-hydrogen) atoms. The normalized spacial score (nSPS) is 28.5. The Morgan fingerprint density at radius 2 is 2.47 bits per heavy atom. The van der Waals surface area contributed by atoms with Crippen LogP contribution in [-0.4, -0.2) is 31.6 Å². The molecule has 2 atom stereocenters. The molecule has 0 aromatic carbocycles. The first-order valence-electron chi connectivity index (χ1n) is 5.60. The maximum atomic E-state index is 11.0. The number of carboxylic acid groups (broad SMARTS) is 1. The van der Waals surface area contributed by atoms with E-state index >= 15 is 0 Å². The Labute approximate surface area is 104 Å². The van der Waals surface area contributed by atoms with Crippen LogP contribution in [0.5, 0.6) is 0 Å². The Morgan fingerprint density at radius 1 is 1.76 bits per heavy atom. The van der Waals surface area contributed by atoms with Gasteiger partial charge >= 0.3 is 5.97 Å². The van der Waals surface area contributed by atoms with E-state index in [9.17, 15) is 4.79 Å². The Balaban J connectivity index is 2.03. The highest BCUT2D eigenvalue weighted by Crippen LogP contribution is 2.39. The maximum Gasteiger partial charge on any atom is 0.323 e. The minimum Gasteiger partial charge on any atom is -0.480 e. The first-order valence-corrected chi connectivity index (χ1v) is 6.48. The van der Waals surface area contributed by atoms with Crippen LogP contribution in [0.15, 0.2) is 11.1 Å². The van der Waals surface area contributed by atoms with Crippen molar-refractivity contribution in [3.63, 3.8) is 0 Å². The van der Waals surface area contributed by atoms with E-state index in [4.69, 9.17) is 10.8 Å². The van der Waals surface area contributed by atoms with Gasteiger partial charge in [-0.2, -0.15) is 5.10 Å². The van der Waals surface area contributed by atoms with E-state index in [1.165, 1.54) is 0 Å².